The largest absolute Gasteiger partial charge is 0.396 e. The number of nitrogens with two attached hydrogens (primary N) is 1. The zero-order valence-corrected chi connectivity index (χ0v) is 11.4. The lowest BCUT2D eigenvalue weighted by molar-refractivity contribution is 0.0754. The molecule has 1 aromatic rings. The number of rotatable bonds is 7. The molecule has 1 aromatic carbocycles. The first kappa shape index (κ1) is 15.4. The highest BCUT2D eigenvalue weighted by atomic mass is 19.1. The number of benzene rings is 1. The van der Waals surface area contributed by atoms with Crippen molar-refractivity contribution in [3.8, 4) is 0 Å². The number of nitrogen functional groups attached to an aromatic ring is 1. The molecule has 0 heterocycles. The number of halogens is 1. The van der Waals surface area contributed by atoms with Crippen LogP contribution < -0.4 is 11.1 Å². The Hall–Kier alpha value is -1.62. The Bertz CT molecular complexity index is 422. The fourth-order valence-corrected chi connectivity index (χ4v) is 1.52. The predicted molar refractivity (Wildman–Crippen MR) is 73.5 cm³/mol. The molecule has 19 heavy (non-hydrogen) atoms. The summed E-state index contributed by atoms with van der Waals surface area (Å²) < 4.78 is 18.6. The third-order valence-corrected chi connectivity index (χ3v) is 2.57. The fraction of sp³-hybridized carbons (Fsp3) is 0.500. The molecule has 0 aliphatic heterocycles. The van der Waals surface area contributed by atoms with E-state index in [1.165, 1.54) is 12.1 Å². The van der Waals surface area contributed by atoms with Crippen molar-refractivity contribution in [3.05, 3.63) is 29.6 Å². The van der Waals surface area contributed by atoms with Gasteiger partial charge in [0, 0.05) is 18.7 Å². The SMILES string of the molecule is CC(C)OCCCCNC(=O)c1ccc(N)c(F)c1. The van der Waals surface area contributed by atoms with Crippen molar-refractivity contribution in [2.24, 2.45) is 0 Å². The average Bonchev–Trinajstić information content (AvgIpc) is 2.36. The number of ether oxygens (including phenoxy) is 1. The van der Waals surface area contributed by atoms with Gasteiger partial charge < -0.3 is 15.8 Å². The van der Waals surface area contributed by atoms with Crippen molar-refractivity contribution >= 4 is 11.6 Å². The molecule has 0 fully saturated rings. The Morgan fingerprint density at radius 2 is 2.16 bits per heavy atom. The quantitative estimate of drug-likeness (QED) is 0.589. The second-order valence-corrected chi connectivity index (χ2v) is 4.62. The van der Waals surface area contributed by atoms with Crippen LogP contribution in [-0.2, 0) is 4.74 Å². The first-order valence-corrected chi connectivity index (χ1v) is 6.45. The van der Waals surface area contributed by atoms with Crippen LogP contribution in [0.5, 0.6) is 0 Å². The van der Waals surface area contributed by atoms with E-state index >= 15 is 0 Å². The van der Waals surface area contributed by atoms with E-state index in [1.807, 2.05) is 13.8 Å². The minimum Gasteiger partial charge on any atom is -0.396 e. The molecule has 0 aliphatic carbocycles. The summed E-state index contributed by atoms with van der Waals surface area (Å²) in [5.41, 5.74) is 5.67. The highest BCUT2D eigenvalue weighted by molar-refractivity contribution is 5.94. The number of unbranched alkanes of at least 4 members (excludes halogenated alkanes) is 1. The summed E-state index contributed by atoms with van der Waals surface area (Å²) in [4.78, 5) is 11.7. The lowest BCUT2D eigenvalue weighted by Gasteiger charge is -2.08. The van der Waals surface area contributed by atoms with Crippen molar-refractivity contribution in [3.63, 3.8) is 0 Å². The third-order valence-electron chi connectivity index (χ3n) is 2.57. The highest BCUT2D eigenvalue weighted by Gasteiger charge is 2.07. The Morgan fingerprint density at radius 1 is 1.42 bits per heavy atom. The number of carbonyl (C=O) groups is 1. The molecule has 3 N–H and O–H groups in total. The van der Waals surface area contributed by atoms with Crippen molar-refractivity contribution < 1.29 is 13.9 Å². The van der Waals surface area contributed by atoms with Gasteiger partial charge in [0.05, 0.1) is 11.8 Å². The summed E-state index contributed by atoms with van der Waals surface area (Å²) in [6.45, 7) is 5.20. The van der Waals surface area contributed by atoms with Crippen LogP contribution in [0, 0.1) is 5.82 Å². The van der Waals surface area contributed by atoms with Crippen molar-refractivity contribution in [1.29, 1.82) is 0 Å². The van der Waals surface area contributed by atoms with Gasteiger partial charge in [-0.25, -0.2) is 4.39 Å². The van der Waals surface area contributed by atoms with Crippen LogP contribution in [-0.4, -0.2) is 25.2 Å². The molecule has 0 spiro atoms. The van der Waals surface area contributed by atoms with E-state index < -0.39 is 5.82 Å². The number of nitrogens with one attached hydrogen (secondary N) is 1. The Morgan fingerprint density at radius 3 is 2.79 bits per heavy atom. The van der Waals surface area contributed by atoms with Gasteiger partial charge in [-0.05, 0) is 44.9 Å². The number of anilines is 1. The van der Waals surface area contributed by atoms with E-state index in [1.54, 1.807) is 0 Å². The molecular weight excluding hydrogens is 247 g/mol. The van der Waals surface area contributed by atoms with Crippen LogP contribution in [0.1, 0.15) is 37.0 Å². The lowest BCUT2D eigenvalue weighted by atomic mass is 10.2. The second-order valence-electron chi connectivity index (χ2n) is 4.62. The van der Waals surface area contributed by atoms with Gasteiger partial charge in [0.1, 0.15) is 5.82 Å². The minimum absolute atomic E-state index is 0.0439. The van der Waals surface area contributed by atoms with E-state index in [4.69, 9.17) is 10.5 Å². The van der Waals surface area contributed by atoms with Crippen LogP contribution in [0.2, 0.25) is 0 Å². The van der Waals surface area contributed by atoms with Crippen LogP contribution in [0.3, 0.4) is 0 Å². The van der Waals surface area contributed by atoms with Gasteiger partial charge in [0.15, 0.2) is 0 Å². The zero-order valence-electron chi connectivity index (χ0n) is 11.4. The summed E-state index contributed by atoms with van der Waals surface area (Å²) in [6, 6.07) is 4.04. The summed E-state index contributed by atoms with van der Waals surface area (Å²) >= 11 is 0. The number of amides is 1. The van der Waals surface area contributed by atoms with Crippen LogP contribution in [0.25, 0.3) is 0 Å². The Balaban J connectivity index is 2.26. The molecule has 0 unspecified atom stereocenters. The molecule has 0 aliphatic rings. The van der Waals surface area contributed by atoms with Crippen LogP contribution in [0.15, 0.2) is 18.2 Å². The van der Waals surface area contributed by atoms with E-state index in [0.29, 0.717) is 13.2 Å². The summed E-state index contributed by atoms with van der Waals surface area (Å²) in [6.07, 6.45) is 1.94. The summed E-state index contributed by atoms with van der Waals surface area (Å²) in [5, 5.41) is 2.73. The molecule has 0 bridgehead atoms. The Labute approximate surface area is 113 Å². The van der Waals surface area contributed by atoms with Gasteiger partial charge in [-0.3, -0.25) is 4.79 Å². The fourth-order valence-electron chi connectivity index (χ4n) is 1.52. The van der Waals surface area contributed by atoms with E-state index in [0.717, 1.165) is 18.9 Å². The molecule has 1 amide bonds. The molecule has 0 saturated carbocycles. The average molecular weight is 268 g/mol. The molecule has 1 rings (SSSR count). The second kappa shape index (κ2) is 7.74. The topological polar surface area (TPSA) is 64.3 Å². The maximum Gasteiger partial charge on any atom is 0.251 e. The van der Waals surface area contributed by atoms with Gasteiger partial charge in [-0.15, -0.1) is 0 Å². The molecule has 0 radical (unpaired) electrons. The van der Waals surface area contributed by atoms with Gasteiger partial charge in [0.2, 0.25) is 0 Å². The molecular formula is C14H21FN2O2. The van der Waals surface area contributed by atoms with E-state index in [2.05, 4.69) is 5.32 Å². The van der Waals surface area contributed by atoms with Crippen molar-refractivity contribution in [2.75, 3.05) is 18.9 Å². The lowest BCUT2D eigenvalue weighted by Crippen LogP contribution is -2.24. The van der Waals surface area contributed by atoms with Gasteiger partial charge in [-0.2, -0.15) is 0 Å². The van der Waals surface area contributed by atoms with Gasteiger partial charge in [0.25, 0.3) is 5.91 Å². The smallest absolute Gasteiger partial charge is 0.251 e. The number of hydrogen-bond acceptors (Lipinski definition) is 3. The monoisotopic (exact) mass is 268 g/mol. The normalized spacial score (nSPS) is 10.7. The standard InChI is InChI=1S/C14H21FN2O2/c1-10(2)19-8-4-3-7-17-14(18)11-5-6-13(16)12(15)9-11/h5-6,9-10H,3-4,7-8,16H2,1-2H3,(H,17,18). The summed E-state index contributed by atoms with van der Waals surface area (Å²) in [5.74, 6) is -0.860. The summed E-state index contributed by atoms with van der Waals surface area (Å²) in [7, 11) is 0. The molecule has 0 aromatic heterocycles. The molecule has 4 nitrogen and oxygen atoms in total. The predicted octanol–water partition coefficient (Wildman–Crippen LogP) is 2.34. The van der Waals surface area contributed by atoms with Gasteiger partial charge >= 0.3 is 0 Å². The first-order valence-electron chi connectivity index (χ1n) is 6.45. The number of hydrogen-bond donors (Lipinski definition) is 2. The third kappa shape index (κ3) is 5.70. The van der Waals surface area contributed by atoms with Gasteiger partial charge in [-0.1, -0.05) is 0 Å². The maximum atomic E-state index is 13.2. The maximum absolute atomic E-state index is 13.2. The van der Waals surface area contributed by atoms with Crippen molar-refractivity contribution in [2.45, 2.75) is 32.8 Å². The van der Waals surface area contributed by atoms with E-state index in [-0.39, 0.29) is 23.3 Å². The highest BCUT2D eigenvalue weighted by Crippen LogP contribution is 2.11. The molecule has 106 valence electrons. The van der Waals surface area contributed by atoms with Crippen LogP contribution >= 0.6 is 0 Å². The van der Waals surface area contributed by atoms with Crippen LogP contribution in [0.4, 0.5) is 10.1 Å². The van der Waals surface area contributed by atoms with E-state index in [9.17, 15) is 9.18 Å². The molecule has 0 saturated heterocycles. The first-order chi connectivity index (χ1) is 9.00. The Kier molecular flexibility index (Phi) is 6.29. The minimum atomic E-state index is -0.571. The molecule has 5 heteroatoms. The van der Waals surface area contributed by atoms with Crippen molar-refractivity contribution in [1.82, 2.24) is 5.32 Å². The molecule has 0 atom stereocenters. The number of carbonyl (C=O) groups excluding carboxylic acids is 1. The zero-order chi connectivity index (χ0) is 14.3.